The number of ether oxygens (including phenoxy) is 2. The summed E-state index contributed by atoms with van der Waals surface area (Å²) in [4.78, 5) is 11.3. The number of methoxy groups -OCH3 is 1. The van der Waals surface area contributed by atoms with Gasteiger partial charge in [-0.05, 0) is 24.8 Å². The number of hydrogen-bond acceptors (Lipinski definition) is 3. The Kier molecular flexibility index (Phi) is 15.0. The van der Waals surface area contributed by atoms with E-state index >= 15 is 0 Å². The number of rotatable bonds is 6. The predicted octanol–water partition coefficient (Wildman–Crippen LogP) is 3.92. The highest BCUT2D eigenvalue weighted by atomic mass is 16.5. The molecule has 0 aromatic rings. The Bertz CT molecular complexity index is 353. The molecule has 1 aliphatic carbocycles. The van der Waals surface area contributed by atoms with Gasteiger partial charge in [0.15, 0.2) is 0 Å². The highest BCUT2D eigenvalue weighted by Gasteiger charge is 2.31. The van der Waals surface area contributed by atoms with Crippen molar-refractivity contribution >= 4 is 5.97 Å². The van der Waals surface area contributed by atoms with E-state index in [0.717, 1.165) is 24.8 Å². The van der Waals surface area contributed by atoms with Crippen molar-refractivity contribution in [2.45, 2.75) is 39.2 Å². The molecule has 1 aliphatic rings. The molecular weight excluding hydrogens is 264 g/mol. The van der Waals surface area contributed by atoms with Crippen molar-refractivity contribution in [1.82, 2.24) is 0 Å². The van der Waals surface area contributed by atoms with E-state index in [-0.39, 0.29) is 18.0 Å². The van der Waals surface area contributed by atoms with E-state index in [1.807, 2.05) is 19.9 Å². The molecule has 0 heterocycles. The third-order valence-electron chi connectivity index (χ3n) is 3.00. The molecule has 2 atom stereocenters. The lowest BCUT2D eigenvalue weighted by Crippen LogP contribution is -2.16. The van der Waals surface area contributed by atoms with Crippen LogP contribution in [0.1, 0.15) is 33.1 Å². The summed E-state index contributed by atoms with van der Waals surface area (Å²) in [6, 6.07) is 0. The Morgan fingerprint density at radius 3 is 2.38 bits per heavy atom. The first-order valence-corrected chi connectivity index (χ1v) is 7.18. The Morgan fingerprint density at radius 1 is 1.29 bits per heavy atom. The van der Waals surface area contributed by atoms with Crippen LogP contribution in [-0.4, -0.2) is 25.8 Å². The van der Waals surface area contributed by atoms with E-state index in [4.69, 9.17) is 9.47 Å². The van der Waals surface area contributed by atoms with Gasteiger partial charge in [0.2, 0.25) is 0 Å². The zero-order valence-corrected chi connectivity index (χ0v) is 13.5. The number of carbonyl (C=O) groups is 1. The summed E-state index contributed by atoms with van der Waals surface area (Å²) in [6.07, 6.45) is 16.0. The second-order valence-electron chi connectivity index (χ2n) is 4.15. The molecule has 0 spiro atoms. The van der Waals surface area contributed by atoms with Crippen molar-refractivity contribution in [2.75, 3.05) is 13.7 Å². The maximum atomic E-state index is 11.3. The van der Waals surface area contributed by atoms with Crippen LogP contribution in [0.4, 0.5) is 0 Å². The Morgan fingerprint density at radius 2 is 1.90 bits per heavy atom. The zero-order valence-electron chi connectivity index (χ0n) is 13.5. The van der Waals surface area contributed by atoms with E-state index in [9.17, 15) is 4.79 Å². The smallest absolute Gasteiger partial charge is 0.308 e. The van der Waals surface area contributed by atoms with Crippen molar-refractivity contribution in [3.05, 3.63) is 37.0 Å². The SMILES string of the molecule is C#C.C=C/C=C(\C=C)CO[C@H]1CC[C@@H](C(=O)OC)C1.CC. The maximum absolute atomic E-state index is 11.3. The van der Waals surface area contributed by atoms with E-state index in [1.165, 1.54) is 7.11 Å². The summed E-state index contributed by atoms with van der Waals surface area (Å²) in [5.74, 6) is -0.123. The predicted molar refractivity (Wildman–Crippen MR) is 88.8 cm³/mol. The second-order valence-corrected chi connectivity index (χ2v) is 4.15. The first-order chi connectivity index (χ1) is 10.2. The van der Waals surface area contributed by atoms with Crippen LogP contribution < -0.4 is 0 Å². The van der Waals surface area contributed by atoms with Crippen molar-refractivity contribution in [3.63, 3.8) is 0 Å². The fourth-order valence-corrected chi connectivity index (χ4v) is 2.01. The molecule has 0 amide bonds. The highest BCUT2D eigenvalue weighted by Crippen LogP contribution is 2.29. The Hall–Kier alpha value is -1.79. The number of terminal acetylenes is 1. The lowest BCUT2D eigenvalue weighted by molar-refractivity contribution is -0.145. The number of allylic oxidation sites excluding steroid dienone is 2. The van der Waals surface area contributed by atoms with Crippen molar-refractivity contribution in [3.8, 4) is 12.8 Å². The minimum atomic E-state index is -0.123. The number of carbonyl (C=O) groups excluding carboxylic acids is 1. The molecule has 0 aromatic carbocycles. The summed E-state index contributed by atoms with van der Waals surface area (Å²) in [5, 5.41) is 0. The molecular formula is C18H28O3. The van der Waals surface area contributed by atoms with Crippen molar-refractivity contribution in [1.29, 1.82) is 0 Å². The van der Waals surface area contributed by atoms with Gasteiger partial charge in [0.1, 0.15) is 0 Å². The van der Waals surface area contributed by atoms with Crippen LogP contribution in [-0.2, 0) is 14.3 Å². The molecule has 0 bridgehead atoms. The number of esters is 1. The molecule has 21 heavy (non-hydrogen) atoms. The molecule has 0 N–H and O–H groups in total. The van der Waals surface area contributed by atoms with Crippen LogP contribution >= 0.6 is 0 Å². The van der Waals surface area contributed by atoms with Gasteiger partial charge in [0.25, 0.3) is 0 Å². The standard InChI is InChI=1S/C14H20O3.C2H6.C2H2/c1-4-6-11(5-2)10-17-13-8-7-12(9-13)14(15)16-3;2*1-2/h4-6,12-13H,1-2,7-10H2,3H3;1-2H3;1-2H/b11-6+;;/t12-,13+;;/m1../s1. The van der Waals surface area contributed by atoms with Gasteiger partial charge in [-0.25, -0.2) is 0 Å². The van der Waals surface area contributed by atoms with E-state index < -0.39 is 0 Å². The van der Waals surface area contributed by atoms with E-state index in [1.54, 1.807) is 12.2 Å². The molecule has 3 nitrogen and oxygen atoms in total. The monoisotopic (exact) mass is 292 g/mol. The van der Waals surface area contributed by atoms with Gasteiger partial charge >= 0.3 is 5.97 Å². The van der Waals surface area contributed by atoms with Crippen LogP contribution in [0.2, 0.25) is 0 Å². The summed E-state index contributed by atoms with van der Waals surface area (Å²) in [7, 11) is 1.43. The van der Waals surface area contributed by atoms with Gasteiger partial charge in [0.05, 0.1) is 25.7 Å². The summed E-state index contributed by atoms with van der Waals surface area (Å²) in [5.41, 5.74) is 1.00. The molecule has 118 valence electrons. The van der Waals surface area contributed by atoms with Gasteiger partial charge in [-0.3, -0.25) is 4.79 Å². The van der Waals surface area contributed by atoms with Crippen LogP contribution in [0.25, 0.3) is 0 Å². The molecule has 1 saturated carbocycles. The summed E-state index contributed by atoms with van der Waals surface area (Å²) < 4.78 is 10.5. The first kappa shape index (κ1) is 21.5. The summed E-state index contributed by atoms with van der Waals surface area (Å²) in [6.45, 7) is 11.9. The van der Waals surface area contributed by atoms with E-state index in [2.05, 4.69) is 26.0 Å². The Balaban J connectivity index is 0. The Labute approximate surface area is 129 Å². The molecule has 0 aromatic heterocycles. The van der Waals surface area contributed by atoms with Gasteiger partial charge in [0, 0.05) is 0 Å². The van der Waals surface area contributed by atoms with Crippen LogP contribution in [0.3, 0.4) is 0 Å². The third kappa shape index (κ3) is 8.88. The quantitative estimate of drug-likeness (QED) is 0.423. The van der Waals surface area contributed by atoms with Crippen LogP contribution in [0.15, 0.2) is 37.0 Å². The highest BCUT2D eigenvalue weighted by molar-refractivity contribution is 5.72. The van der Waals surface area contributed by atoms with Gasteiger partial charge in [-0.2, -0.15) is 0 Å². The fraction of sp³-hybridized carbons (Fsp3) is 0.500. The molecule has 1 rings (SSSR count). The first-order valence-electron chi connectivity index (χ1n) is 7.18. The molecule has 0 aliphatic heterocycles. The molecule has 1 fully saturated rings. The van der Waals surface area contributed by atoms with Crippen molar-refractivity contribution < 1.29 is 14.3 Å². The lowest BCUT2D eigenvalue weighted by Gasteiger charge is -2.12. The summed E-state index contributed by atoms with van der Waals surface area (Å²) >= 11 is 0. The molecule has 3 heteroatoms. The van der Waals surface area contributed by atoms with Crippen LogP contribution in [0, 0.1) is 18.8 Å². The minimum absolute atomic E-state index is 0.000523. The van der Waals surface area contributed by atoms with Gasteiger partial charge in [-0.1, -0.05) is 45.2 Å². The third-order valence-corrected chi connectivity index (χ3v) is 3.00. The average molecular weight is 292 g/mol. The van der Waals surface area contributed by atoms with Crippen molar-refractivity contribution in [2.24, 2.45) is 5.92 Å². The van der Waals surface area contributed by atoms with Gasteiger partial charge < -0.3 is 9.47 Å². The normalized spacial score (nSPS) is 20.1. The topological polar surface area (TPSA) is 35.5 Å². The van der Waals surface area contributed by atoms with Gasteiger partial charge in [-0.15, -0.1) is 12.8 Å². The maximum Gasteiger partial charge on any atom is 0.308 e. The zero-order chi connectivity index (χ0) is 16.7. The fourth-order valence-electron chi connectivity index (χ4n) is 2.01. The average Bonchev–Trinajstić information content (AvgIpc) is 3.03. The molecule has 0 saturated heterocycles. The molecule has 0 unspecified atom stereocenters. The van der Waals surface area contributed by atoms with Crippen LogP contribution in [0.5, 0.6) is 0 Å². The minimum Gasteiger partial charge on any atom is -0.469 e. The lowest BCUT2D eigenvalue weighted by atomic mass is 10.1. The number of hydrogen-bond donors (Lipinski definition) is 0. The largest absolute Gasteiger partial charge is 0.469 e. The van der Waals surface area contributed by atoms with E-state index in [0.29, 0.717) is 6.61 Å². The molecule has 0 radical (unpaired) electrons. The second kappa shape index (κ2) is 14.6.